The van der Waals surface area contributed by atoms with Gasteiger partial charge in [0.05, 0.1) is 16.3 Å². The highest BCUT2D eigenvalue weighted by molar-refractivity contribution is 7.89. The van der Waals surface area contributed by atoms with E-state index in [1.54, 1.807) is 6.92 Å². The maximum Gasteiger partial charge on any atom is 0.303 e. The summed E-state index contributed by atoms with van der Waals surface area (Å²) >= 11 is 0. The van der Waals surface area contributed by atoms with Crippen LogP contribution < -0.4 is 10.1 Å². The molecule has 0 saturated carbocycles. The van der Waals surface area contributed by atoms with E-state index in [0.717, 1.165) is 12.1 Å². The van der Waals surface area contributed by atoms with Gasteiger partial charge in [-0.1, -0.05) is 12.1 Å². The molecule has 10 heteroatoms. The summed E-state index contributed by atoms with van der Waals surface area (Å²) in [6.07, 6.45) is 0.0583. The molecule has 2 aromatic carbocycles. The molecule has 0 fully saturated rings. The summed E-state index contributed by atoms with van der Waals surface area (Å²) in [6, 6.07) is 8.88. The molecule has 2 aromatic rings. The van der Waals surface area contributed by atoms with E-state index >= 15 is 0 Å². The third kappa shape index (κ3) is 6.10. The molecule has 3 N–H and O–H groups in total. The van der Waals surface area contributed by atoms with E-state index in [0.29, 0.717) is 11.3 Å². The summed E-state index contributed by atoms with van der Waals surface area (Å²) in [5.74, 6) is -2.48. The summed E-state index contributed by atoms with van der Waals surface area (Å²) < 4.78 is 53.1. The second-order valence-corrected chi connectivity index (χ2v) is 7.62. The summed E-state index contributed by atoms with van der Waals surface area (Å²) in [5, 5.41) is 12.6. The van der Waals surface area contributed by atoms with E-state index in [2.05, 4.69) is 15.2 Å². The molecule has 0 amide bonds. The molecule has 0 atom stereocenters. The van der Waals surface area contributed by atoms with E-state index < -0.39 is 27.6 Å². The van der Waals surface area contributed by atoms with Crippen molar-refractivity contribution in [1.29, 1.82) is 0 Å². The molecule has 0 aliphatic carbocycles. The average molecular weight is 411 g/mol. The van der Waals surface area contributed by atoms with Gasteiger partial charge in [0, 0.05) is 19.0 Å². The van der Waals surface area contributed by atoms with Gasteiger partial charge in [-0.3, -0.25) is 10.2 Å². The Morgan fingerprint density at radius 3 is 2.43 bits per heavy atom. The molecular weight excluding hydrogens is 392 g/mol. The molecule has 0 heterocycles. The molecule has 0 saturated heterocycles. The van der Waals surface area contributed by atoms with Crippen LogP contribution in [-0.4, -0.2) is 31.8 Å². The Balaban J connectivity index is 2.03. The van der Waals surface area contributed by atoms with Crippen molar-refractivity contribution in [3.05, 3.63) is 59.7 Å². The topological polar surface area (TPSA) is 108 Å². The van der Waals surface area contributed by atoms with Crippen molar-refractivity contribution in [2.75, 3.05) is 12.0 Å². The van der Waals surface area contributed by atoms with Gasteiger partial charge in [-0.2, -0.15) is 5.10 Å². The predicted octanol–water partition coefficient (Wildman–Crippen LogP) is 2.94. The maximum absolute atomic E-state index is 13.6. The molecule has 0 spiro atoms. The fraction of sp³-hybridized carbons (Fsp3) is 0.222. The highest BCUT2D eigenvalue weighted by Gasteiger charge is 2.13. The Bertz CT molecular complexity index is 977. The number of rotatable bonds is 9. The van der Waals surface area contributed by atoms with Gasteiger partial charge in [-0.25, -0.2) is 21.9 Å². The second-order valence-electron chi connectivity index (χ2n) is 5.85. The number of nitrogens with one attached hydrogen (secondary N) is 2. The van der Waals surface area contributed by atoms with Crippen LogP contribution in [0, 0.1) is 11.6 Å². The normalized spacial score (nSPS) is 12.0. The maximum atomic E-state index is 13.6. The molecule has 0 aliphatic heterocycles. The van der Waals surface area contributed by atoms with Crippen molar-refractivity contribution in [2.24, 2.45) is 5.10 Å². The molecule has 7 nitrogen and oxygen atoms in total. The fourth-order valence-electron chi connectivity index (χ4n) is 2.19. The molecule has 0 aromatic heterocycles. The number of nitrogens with zero attached hydrogens (tertiary/aromatic N) is 1. The predicted molar refractivity (Wildman–Crippen MR) is 101 cm³/mol. The molecule has 0 radical (unpaired) electrons. The summed E-state index contributed by atoms with van der Waals surface area (Å²) in [5.41, 5.74) is 3.56. The van der Waals surface area contributed by atoms with Crippen LogP contribution in [0.1, 0.15) is 25.3 Å². The largest absolute Gasteiger partial charge is 0.481 e. The number of hydrogen-bond donors (Lipinski definition) is 3. The number of sulfonamides is 1. The van der Waals surface area contributed by atoms with Gasteiger partial charge in [0.1, 0.15) is 5.82 Å². The SMILES string of the molecule is C/C(=N/Nc1ccc(F)cc1F)c1ccc(S(=O)(=O)NCCCC(=O)O)cc1. The first-order chi connectivity index (χ1) is 13.2. The molecule has 2 rings (SSSR count). The van der Waals surface area contributed by atoms with Crippen LogP contribution in [0.15, 0.2) is 52.5 Å². The Morgan fingerprint density at radius 2 is 1.82 bits per heavy atom. The fourth-order valence-corrected chi connectivity index (χ4v) is 3.27. The molecule has 150 valence electrons. The number of aliphatic carboxylic acids is 1. The lowest BCUT2D eigenvalue weighted by molar-refractivity contribution is -0.137. The number of anilines is 1. The van der Waals surface area contributed by atoms with Crippen molar-refractivity contribution in [3.63, 3.8) is 0 Å². The van der Waals surface area contributed by atoms with Gasteiger partial charge in [-0.15, -0.1) is 0 Å². The highest BCUT2D eigenvalue weighted by atomic mass is 32.2. The standard InChI is InChI=1S/C18H19F2N3O4S/c1-12(22-23-17-9-6-14(19)11-16(17)20)13-4-7-15(8-5-13)28(26,27)21-10-2-3-18(24)25/h4-9,11,21,23H,2-3,10H2,1H3,(H,24,25)/b22-12-. The summed E-state index contributed by atoms with van der Waals surface area (Å²) in [7, 11) is -3.75. The van der Waals surface area contributed by atoms with Crippen LogP contribution >= 0.6 is 0 Å². The minimum Gasteiger partial charge on any atom is -0.481 e. The molecule has 28 heavy (non-hydrogen) atoms. The number of benzene rings is 2. The second kappa shape index (κ2) is 9.38. The number of hydrazone groups is 1. The Hall–Kier alpha value is -2.85. The zero-order valence-corrected chi connectivity index (χ0v) is 15.8. The summed E-state index contributed by atoms with van der Waals surface area (Å²) in [4.78, 5) is 10.5. The quantitative estimate of drug-likeness (QED) is 0.334. The van der Waals surface area contributed by atoms with Crippen LogP contribution in [0.2, 0.25) is 0 Å². The van der Waals surface area contributed by atoms with Gasteiger partial charge < -0.3 is 5.11 Å². The number of carbonyl (C=O) groups is 1. The Kier molecular flexibility index (Phi) is 7.18. The van der Waals surface area contributed by atoms with Crippen LogP contribution in [0.3, 0.4) is 0 Å². The number of halogens is 2. The van der Waals surface area contributed by atoms with Crippen molar-refractivity contribution in [3.8, 4) is 0 Å². The first kappa shape index (κ1) is 21.5. The third-order valence-electron chi connectivity index (χ3n) is 3.72. The lowest BCUT2D eigenvalue weighted by atomic mass is 10.1. The third-order valence-corrected chi connectivity index (χ3v) is 5.19. The number of carboxylic acid groups (broad SMARTS) is 1. The van der Waals surface area contributed by atoms with Gasteiger partial charge in [0.2, 0.25) is 10.0 Å². The molecular formula is C18H19F2N3O4S. The average Bonchev–Trinajstić information content (AvgIpc) is 2.64. The van der Waals surface area contributed by atoms with Crippen molar-refractivity contribution in [2.45, 2.75) is 24.7 Å². The molecule has 0 aliphatic rings. The first-order valence-corrected chi connectivity index (χ1v) is 9.74. The van der Waals surface area contributed by atoms with E-state index in [1.807, 2.05) is 0 Å². The number of hydrogen-bond acceptors (Lipinski definition) is 5. The summed E-state index contributed by atoms with van der Waals surface area (Å²) in [6.45, 7) is 1.66. The zero-order chi connectivity index (χ0) is 20.7. The first-order valence-electron chi connectivity index (χ1n) is 8.26. The van der Waals surface area contributed by atoms with E-state index in [-0.39, 0.29) is 30.0 Å². The lowest BCUT2D eigenvalue weighted by Crippen LogP contribution is -2.25. The van der Waals surface area contributed by atoms with Crippen molar-refractivity contribution in [1.82, 2.24) is 4.72 Å². The van der Waals surface area contributed by atoms with Gasteiger partial charge >= 0.3 is 5.97 Å². The molecule has 0 unspecified atom stereocenters. The van der Waals surface area contributed by atoms with E-state index in [1.165, 1.54) is 30.3 Å². The van der Waals surface area contributed by atoms with Gasteiger partial charge in [0.15, 0.2) is 5.82 Å². The Morgan fingerprint density at radius 1 is 1.14 bits per heavy atom. The van der Waals surface area contributed by atoms with Crippen LogP contribution in [0.5, 0.6) is 0 Å². The lowest BCUT2D eigenvalue weighted by Gasteiger charge is -2.08. The smallest absolute Gasteiger partial charge is 0.303 e. The van der Waals surface area contributed by atoms with E-state index in [9.17, 15) is 22.0 Å². The zero-order valence-electron chi connectivity index (χ0n) is 14.9. The van der Waals surface area contributed by atoms with Crippen LogP contribution in [0.25, 0.3) is 0 Å². The van der Waals surface area contributed by atoms with Crippen LogP contribution in [-0.2, 0) is 14.8 Å². The minimum absolute atomic E-state index is 0.00510. The highest BCUT2D eigenvalue weighted by Crippen LogP contribution is 2.16. The van der Waals surface area contributed by atoms with E-state index in [4.69, 9.17) is 5.11 Å². The van der Waals surface area contributed by atoms with Gasteiger partial charge in [-0.05, 0) is 43.2 Å². The van der Waals surface area contributed by atoms with Crippen molar-refractivity contribution < 1.29 is 27.1 Å². The van der Waals surface area contributed by atoms with Crippen molar-refractivity contribution >= 4 is 27.4 Å². The molecule has 0 bridgehead atoms. The number of carboxylic acids is 1. The van der Waals surface area contributed by atoms with Crippen LogP contribution in [0.4, 0.5) is 14.5 Å². The monoisotopic (exact) mass is 411 g/mol. The minimum atomic E-state index is -3.75. The van der Waals surface area contributed by atoms with Gasteiger partial charge in [0.25, 0.3) is 0 Å². The Labute approximate surface area is 161 Å².